The van der Waals surface area contributed by atoms with Gasteiger partial charge in [-0.05, 0) is 30.9 Å². The Kier molecular flexibility index (Phi) is 3.78. The van der Waals surface area contributed by atoms with Gasteiger partial charge in [0.2, 0.25) is 5.91 Å². The summed E-state index contributed by atoms with van der Waals surface area (Å²) < 4.78 is 11.1. The van der Waals surface area contributed by atoms with E-state index in [9.17, 15) is 4.79 Å². The van der Waals surface area contributed by atoms with E-state index in [0.717, 1.165) is 19.3 Å². The molecule has 3 N–H and O–H groups in total. The van der Waals surface area contributed by atoms with Gasteiger partial charge in [0.1, 0.15) is 13.2 Å². The topological polar surface area (TPSA) is 73.6 Å². The largest absolute Gasteiger partial charge is 0.486 e. The molecule has 5 heteroatoms. The second-order valence-corrected chi connectivity index (χ2v) is 5.44. The van der Waals surface area contributed by atoms with Gasteiger partial charge in [0, 0.05) is 12.5 Å². The molecular weight excluding hydrogens is 256 g/mol. The van der Waals surface area contributed by atoms with Crippen molar-refractivity contribution in [2.75, 3.05) is 18.5 Å². The van der Waals surface area contributed by atoms with Gasteiger partial charge in [-0.1, -0.05) is 12.5 Å². The van der Waals surface area contributed by atoms with Gasteiger partial charge in [-0.3, -0.25) is 4.79 Å². The van der Waals surface area contributed by atoms with Gasteiger partial charge >= 0.3 is 0 Å². The van der Waals surface area contributed by atoms with Crippen molar-refractivity contribution in [3.05, 3.63) is 18.2 Å². The van der Waals surface area contributed by atoms with Gasteiger partial charge in [0.25, 0.3) is 0 Å². The fourth-order valence-electron chi connectivity index (χ4n) is 2.93. The highest BCUT2D eigenvalue weighted by atomic mass is 16.6. The number of anilines is 1. The fourth-order valence-corrected chi connectivity index (χ4v) is 2.93. The zero-order valence-corrected chi connectivity index (χ0v) is 11.4. The van der Waals surface area contributed by atoms with Crippen LogP contribution in [0, 0.1) is 5.92 Å². The second-order valence-electron chi connectivity index (χ2n) is 5.44. The Morgan fingerprint density at radius 3 is 2.95 bits per heavy atom. The molecule has 5 nitrogen and oxygen atoms in total. The van der Waals surface area contributed by atoms with Crippen molar-refractivity contribution in [3.63, 3.8) is 0 Å². The fraction of sp³-hybridized carbons (Fsp3) is 0.533. The van der Waals surface area contributed by atoms with E-state index in [-0.39, 0.29) is 11.9 Å². The van der Waals surface area contributed by atoms with E-state index in [2.05, 4.69) is 5.32 Å². The number of hydrogen-bond acceptors (Lipinski definition) is 4. The van der Waals surface area contributed by atoms with E-state index < -0.39 is 0 Å². The molecule has 1 aliphatic heterocycles. The molecule has 108 valence electrons. The summed E-state index contributed by atoms with van der Waals surface area (Å²) in [6, 6.07) is 5.69. The first-order valence-electron chi connectivity index (χ1n) is 7.18. The minimum absolute atomic E-state index is 0.00470. The quantitative estimate of drug-likeness (QED) is 0.884. The minimum atomic E-state index is -0.00470. The summed E-state index contributed by atoms with van der Waals surface area (Å²) in [5.74, 6) is 1.61. The van der Waals surface area contributed by atoms with Crippen molar-refractivity contribution in [1.82, 2.24) is 0 Å². The normalized spacial score (nSPS) is 24.4. The van der Waals surface area contributed by atoms with Crippen LogP contribution in [0.25, 0.3) is 0 Å². The molecule has 0 unspecified atom stereocenters. The van der Waals surface area contributed by atoms with Crippen LogP contribution in [0.3, 0.4) is 0 Å². The lowest BCUT2D eigenvalue weighted by Gasteiger charge is -2.21. The van der Waals surface area contributed by atoms with Gasteiger partial charge in [-0.15, -0.1) is 0 Å². The van der Waals surface area contributed by atoms with Crippen molar-refractivity contribution in [1.29, 1.82) is 0 Å². The molecule has 2 atom stereocenters. The number of carbonyl (C=O) groups excluding carboxylic acids is 1. The smallest absolute Gasteiger partial charge is 0.224 e. The lowest BCUT2D eigenvalue weighted by molar-refractivity contribution is -0.117. The zero-order valence-electron chi connectivity index (χ0n) is 11.4. The average molecular weight is 276 g/mol. The van der Waals surface area contributed by atoms with Gasteiger partial charge < -0.3 is 20.5 Å². The van der Waals surface area contributed by atoms with Gasteiger partial charge in [0.05, 0.1) is 5.69 Å². The Labute approximate surface area is 118 Å². The van der Waals surface area contributed by atoms with Crippen LogP contribution in [0.5, 0.6) is 11.5 Å². The number of fused-ring (bicyclic) bond motifs is 1. The van der Waals surface area contributed by atoms with Gasteiger partial charge in [-0.2, -0.15) is 0 Å². The molecular formula is C15H20N2O3. The second kappa shape index (κ2) is 5.71. The summed E-state index contributed by atoms with van der Waals surface area (Å²) in [5.41, 5.74) is 6.69. The maximum Gasteiger partial charge on any atom is 0.224 e. The number of carbonyl (C=O) groups is 1. The molecule has 0 saturated heterocycles. The number of ether oxygens (including phenoxy) is 2. The number of nitrogens with one attached hydrogen (secondary N) is 1. The Morgan fingerprint density at radius 2 is 2.15 bits per heavy atom. The van der Waals surface area contributed by atoms with Crippen LogP contribution in [0.1, 0.15) is 25.7 Å². The van der Waals surface area contributed by atoms with Gasteiger partial charge in [-0.25, -0.2) is 0 Å². The molecule has 2 aliphatic rings. The van der Waals surface area contributed by atoms with E-state index in [1.807, 2.05) is 18.2 Å². The van der Waals surface area contributed by atoms with Crippen molar-refractivity contribution >= 4 is 11.6 Å². The lowest BCUT2D eigenvalue weighted by Crippen LogP contribution is -2.28. The first-order valence-corrected chi connectivity index (χ1v) is 7.18. The van der Waals surface area contributed by atoms with E-state index >= 15 is 0 Å². The van der Waals surface area contributed by atoms with Crippen LogP contribution in [-0.4, -0.2) is 25.2 Å². The molecule has 1 aromatic carbocycles. The number of rotatable bonds is 3. The molecule has 1 aromatic rings. The average Bonchev–Trinajstić information content (AvgIpc) is 2.85. The summed E-state index contributed by atoms with van der Waals surface area (Å²) in [5, 5.41) is 2.92. The molecule has 0 spiro atoms. The van der Waals surface area contributed by atoms with Crippen LogP contribution in [0.15, 0.2) is 18.2 Å². The van der Waals surface area contributed by atoms with Crippen molar-refractivity contribution in [2.24, 2.45) is 11.7 Å². The Hall–Kier alpha value is -1.75. The number of para-hydroxylation sites is 1. The van der Waals surface area contributed by atoms with Crippen molar-refractivity contribution < 1.29 is 14.3 Å². The molecule has 1 saturated carbocycles. The molecule has 0 bridgehead atoms. The third-order valence-corrected chi connectivity index (χ3v) is 4.01. The molecule has 20 heavy (non-hydrogen) atoms. The third kappa shape index (κ3) is 2.72. The van der Waals surface area contributed by atoms with Crippen LogP contribution >= 0.6 is 0 Å². The van der Waals surface area contributed by atoms with Crippen LogP contribution in [-0.2, 0) is 4.79 Å². The Morgan fingerprint density at radius 1 is 1.30 bits per heavy atom. The van der Waals surface area contributed by atoms with E-state index in [1.54, 1.807) is 0 Å². The first kappa shape index (κ1) is 13.2. The van der Waals surface area contributed by atoms with Crippen LogP contribution in [0.4, 0.5) is 5.69 Å². The summed E-state index contributed by atoms with van der Waals surface area (Å²) in [7, 11) is 0. The van der Waals surface area contributed by atoms with E-state index in [0.29, 0.717) is 42.7 Å². The highest BCUT2D eigenvalue weighted by molar-refractivity contribution is 5.93. The third-order valence-electron chi connectivity index (χ3n) is 4.01. The monoisotopic (exact) mass is 276 g/mol. The van der Waals surface area contributed by atoms with Crippen molar-refractivity contribution in [2.45, 2.75) is 31.7 Å². The number of nitrogens with two attached hydrogens (primary N) is 1. The van der Waals surface area contributed by atoms with Crippen LogP contribution < -0.4 is 20.5 Å². The summed E-state index contributed by atoms with van der Waals surface area (Å²) in [6.07, 6.45) is 3.67. The zero-order chi connectivity index (χ0) is 13.9. The first-order chi connectivity index (χ1) is 9.74. The molecule has 3 rings (SSSR count). The maximum absolute atomic E-state index is 12.1. The van der Waals surface area contributed by atoms with Crippen molar-refractivity contribution in [3.8, 4) is 11.5 Å². The standard InChI is InChI=1S/C15H20N2O3/c16-11-4-1-3-10(11)9-14(18)17-12-5-2-6-13-15(12)20-8-7-19-13/h2,5-6,10-11H,1,3-4,7-9,16H2,(H,17,18)/t10-,11+/m0/s1. The molecule has 1 fully saturated rings. The maximum atomic E-state index is 12.1. The molecule has 0 radical (unpaired) electrons. The summed E-state index contributed by atoms with van der Waals surface area (Å²) in [4.78, 5) is 12.1. The SMILES string of the molecule is N[C@@H]1CCC[C@H]1CC(=O)Nc1cccc2c1OCCO2. The Balaban J connectivity index is 1.67. The summed E-state index contributed by atoms with van der Waals surface area (Å²) >= 11 is 0. The molecule has 0 aromatic heterocycles. The Bertz CT molecular complexity index is 504. The predicted octanol–water partition coefficient (Wildman–Crippen LogP) is 1.91. The van der Waals surface area contributed by atoms with Gasteiger partial charge in [0.15, 0.2) is 11.5 Å². The highest BCUT2D eigenvalue weighted by Crippen LogP contribution is 2.37. The highest BCUT2D eigenvalue weighted by Gasteiger charge is 2.26. The number of amides is 1. The molecule has 1 amide bonds. The van der Waals surface area contributed by atoms with Crippen LogP contribution in [0.2, 0.25) is 0 Å². The predicted molar refractivity (Wildman–Crippen MR) is 76.0 cm³/mol. The van der Waals surface area contributed by atoms with E-state index in [1.165, 1.54) is 0 Å². The lowest BCUT2D eigenvalue weighted by atomic mass is 10.00. The molecule has 1 aliphatic carbocycles. The molecule has 1 heterocycles. The summed E-state index contributed by atoms with van der Waals surface area (Å²) in [6.45, 7) is 1.05. The van der Waals surface area contributed by atoms with E-state index in [4.69, 9.17) is 15.2 Å². The number of hydrogen-bond donors (Lipinski definition) is 2. The number of benzene rings is 1. The minimum Gasteiger partial charge on any atom is -0.486 e.